The first-order chi connectivity index (χ1) is 7.70. The Morgan fingerprint density at radius 3 is 2.38 bits per heavy atom. The minimum atomic E-state index is 0.619. The summed E-state index contributed by atoms with van der Waals surface area (Å²) in [5, 5.41) is 0. The van der Waals surface area contributed by atoms with Crippen molar-refractivity contribution in [1.82, 2.24) is 0 Å². The molecule has 0 aliphatic heterocycles. The number of hydrogen-bond acceptors (Lipinski definition) is 0. The molecule has 1 nitrogen and oxygen atoms in total. The third-order valence-corrected chi connectivity index (χ3v) is 5.58. The average Bonchev–Trinajstić information content (AvgIpc) is 2.29. The van der Waals surface area contributed by atoms with E-state index in [-0.39, 0.29) is 0 Å². The van der Waals surface area contributed by atoms with E-state index >= 15 is 0 Å². The molecule has 0 radical (unpaired) electrons. The first-order valence-corrected chi connectivity index (χ1v) is 8.39. The number of likely N-dealkylation sites (N-methyl/N-ethyl adjacent to an activating group) is 1. The Balaban J connectivity index is 2.93. The summed E-state index contributed by atoms with van der Waals surface area (Å²) in [6.45, 7) is 3.90. The standard InChI is InChI=1S/C14H21NSe/c1-5-9-13(14(16-4)15(2)3)12-10-7-6-8-11-12/h5-8,10-11,13-14H,1,9H2,2-4H3/p+1. The van der Waals surface area contributed by atoms with Crippen LogP contribution >= 0.6 is 0 Å². The molecule has 2 unspecified atom stereocenters. The molecule has 0 aliphatic carbocycles. The van der Waals surface area contributed by atoms with Gasteiger partial charge in [0, 0.05) is 0 Å². The van der Waals surface area contributed by atoms with Gasteiger partial charge in [-0.05, 0) is 0 Å². The van der Waals surface area contributed by atoms with E-state index in [0.29, 0.717) is 20.9 Å². The van der Waals surface area contributed by atoms with Gasteiger partial charge in [0.2, 0.25) is 0 Å². The van der Waals surface area contributed by atoms with Crippen LogP contribution < -0.4 is 4.90 Å². The van der Waals surface area contributed by atoms with Crippen molar-refractivity contribution in [3.8, 4) is 0 Å². The van der Waals surface area contributed by atoms with Crippen LogP contribution in [0.2, 0.25) is 5.82 Å². The molecular weight excluding hydrogens is 261 g/mol. The first-order valence-electron chi connectivity index (χ1n) is 5.69. The summed E-state index contributed by atoms with van der Waals surface area (Å²) in [4.78, 5) is 2.28. The van der Waals surface area contributed by atoms with Crippen LogP contribution in [0.25, 0.3) is 0 Å². The molecule has 0 saturated heterocycles. The van der Waals surface area contributed by atoms with Gasteiger partial charge in [-0.3, -0.25) is 0 Å². The summed E-state index contributed by atoms with van der Waals surface area (Å²) >= 11 is 0.655. The Kier molecular flexibility index (Phi) is 5.83. The second-order valence-electron chi connectivity index (χ2n) is 4.28. The Morgan fingerprint density at radius 2 is 1.94 bits per heavy atom. The van der Waals surface area contributed by atoms with Crippen molar-refractivity contribution in [1.29, 1.82) is 0 Å². The zero-order valence-corrected chi connectivity index (χ0v) is 12.2. The summed E-state index contributed by atoms with van der Waals surface area (Å²) in [6, 6.07) is 10.8. The van der Waals surface area contributed by atoms with Gasteiger partial charge >= 0.3 is 106 Å². The Hall–Kier alpha value is -0.561. The van der Waals surface area contributed by atoms with E-state index in [1.54, 1.807) is 4.90 Å². The van der Waals surface area contributed by atoms with Crippen LogP contribution in [0, 0.1) is 0 Å². The SMILES string of the molecule is C=CCC(c1ccccc1)C([Se]C)[NH+](C)C. The van der Waals surface area contributed by atoms with Gasteiger partial charge in [-0.2, -0.15) is 0 Å². The molecule has 0 spiro atoms. The monoisotopic (exact) mass is 284 g/mol. The summed E-state index contributed by atoms with van der Waals surface area (Å²) < 4.78 is 0. The van der Waals surface area contributed by atoms with Crippen LogP contribution in [0.5, 0.6) is 0 Å². The third-order valence-electron chi connectivity index (χ3n) is 2.84. The molecule has 1 rings (SSSR count). The fraction of sp³-hybridized carbons (Fsp3) is 0.429. The summed E-state index contributed by atoms with van der Waals surface area (Å²) in [6.07, 6.45) is 3.13. The van der Waals surface area contributed by atoms with E-state index < -0.39 is 0 Å². The van der Waals surface area contributed by atoms with Gasteiger partial charge in [-0.15, -0.1) is 0 Å². The molecule has 88 valence electrons. The summed E-state index contributed by atoms with van der Waals surface area (Å²) in [7, 11) is 4.52. The van der Waals surface area contributed by atoms with E-state index in [2.05, 4.69) is 62.9 Å². The zero-order chi connectivity index (χ0) is 12.0. The number of nitrogens with one attached hydrogen (secondary N) is 1. The van der Waals surface area contributed by atoms with Crippen molar-refractivity contribution >= 4 is 15.0 Å². The van der Waals surface area contributed by atoms with Crippen LogP contribution in [0.4, 0.5) is 0 Å². The van der Waals surface area contributed by atoms with Crippen molar-refractivity contribution in [2.75, 3.05) is 14.1 Å². The number of quaternary nitrogens is 1. The van der Waals surface area contributed by atoms with Crippen LogP contribution in [-0.4, -0.2) is 34.0 Å². The molecule has 1 aromatic rings. The third kappa shape index (κ3) is 3.48. The van der Waals surface area contributed by atoms with Crippen molar-refractivity contribution < 1.29 is 4.90 Å². The molecule has 0 saturated carbocycles. The molecule has 2 heteroatoms. The predicted octanol–water partition coefficient (Wildman–Crippen LogP) is 1.57. The number of benzene rings is 1. The number of allylic oxidation sites excluding steroid dienone is 1. The van der Waals surface area contributed by atoms with Crippen molar-refractivity contribution in [2.24, 2.45) is 0 Å². The normalized spacial score (nSPS) is 14.8. The van der Waals surface area contributed by atoms with Crippen LogP contribution in [0.1, 0.15) is 17.9 Å². The maximum atomic E-state index is 3.90. The molecule has 2 atom stereocenters. The topological polar surface area (TPSA) is 4.44 Å². The van der Waals surface area contributed by atoms with Gasteiger partial charge in [0.15, 0.2) is 0 Å². The molecule has 0 aliphatic rings. The van der Waals surface area contributed by atoms with Crippen molar-refractivity contribution in [3.63, 3.8) is 0 Å². The molecule has 1 N–H and O–H groups in total. The summed E-state index contributed by atoms with van der Waals surface area (Å²) in [5.74, 6) is 2.96. The second-order valence-corrected chi connectivity index (χ2v) is 6.33. The van der Waals surface area contributed by atoms with E-state index in [9.17, 15) is 0 Å². The fourth-order valence-electron chi connectivity index (χ4n) is 2.12. The average molecular weight is 283 g/mol. The maximum absolute atomic E-state index is 3.90. The summed E-state index contributed by atoms with van der Waals surface area (Å²) in [5.41, 5.74) is 1.46. The molecule has 16 heavy (non-hydrogen) atoms. The molecule has 0 heterocycles. The minimum absolute atomic E-state index is 0.619. The molecule has 0 bridgehead atoms. The van der Waals surface area contributed by atoms with Gasteiger partial charge in [0.1, 0.15) is 0 Å². The van der Waals surface area contributed by atoms with Crippen molar-refractivity contribution in [2.45, 2.75) is 23.1 Å². The van der Waals surface area contributed by atoms with E-state index in [1.165, 1.54) is 5.56 Å². The fourth-order valence-corrected chi connectivity index (χ4v) is 4.36. The van der Waals surface area contributed by atoms with Gasteiger partial charge < -0.3 is 0 Å². The molecule has 0 amide bonds. The Labute approximate surface area is 106 Å². The predicted molar refractivity (Wildman–Crippen MR) is 72.2 cm³/mol. The van der Waals surface area contributed by atoms with Gasteiger partial charge in [0.05, 0.1) is 0 Å². The van der Waals surface area contributed by atoms with Crippen LogP contribution in [0.3, 0.4) is 0 Å². The quantitative estimate of drug-likeness (QED) is 0.597. The Morgan fingerprint density at radius 1 is 1.31 bits per heavy atom. The van der Waals surface area contributed by atoms with E-state index in [0.717, 1.165) is 11.4 Å². The van der Waals surface area contributed by atoms with Crippen LogP contribution in [0.15, 0.2) is 43.0 Å². The Bertz CT molecular complexity index is 308. The van der Waals surface area contributed by atoms with Gasteiger partial charge in [-0.1, -0.05) is 0 Å². The van der Waals surface area contributed by atoms with E-state index in [1.807, 2.05) is 0 Å². The van der Waals surface area contributed by atoms with Crippen LogP contribution in [-0.2, 0) is 0 Å². The number of rotatable bonds is 6. The van der Waals surface area contributed by atoms with Gasteiger partial charge in [0.25, 0.3) is 0 Å². The molecule has 0 aromatic heterocycles. The van der Waals surface area contributed by atoms with Gasteiger partial charge in [-0.25, -0.2) is 0 Å². The molecule has 0 fully saturated rings. The molecular formula is C14H22NSe+. The number of hydrogen-bond donors (Lipinski definition) is 1. The van der Waals surface area contributed by atoms with E-state index in [4.69, 9.17) is 0 Å². The van der Waals surface area contributed by atoms with Crippen molar-refractivity contribution in [3.05, 3.63) is 48.6 Å². The first kappa shape index (κ1) is 13.5. The molecule has 1 aromatic carbocycles. The zero-order valence-electron chi connectivity index (χ0n) is 10.4. The second kappa shape index (κ2) is 6.90.